The van der Waals surface area contributed by atoms with E-state index < -0.39 is 0 Å². The second-order valence-corrected chi connectivity index (χ2v) is 10.3. The van der Waals surface area contributed by atoms with Gasteiger partial charge in [0, 0.05) is 62.0 Å². The molecule has 0 aliphatic carbocycles. The third-order valence-corrected chi connectivity index (χ3v) is 6.95. The van der Waals surface area contributed by atoms with Gasteiger partial charge in [0.05, 0.1) is 11.4 Å². The molecule has 0 saturated carbocycles. The average Bonchev–Trinajstić information content (AvgIpc) is 2.92. The molecule has 0 atom stereocenters. The summed E-state index contributed by atoms with van der Waals surface area (Å²) in [5.74, 6) is -0.431. The Kier molecular flexibility index (Phi) is 9.76. The molecule has 4 rings (SSSR count). The molecule has 8 heteroatoms. The number of carbonyl (C=O) groups is 2. The lowest BCUT2D eigenvalue weighted by atomic mass is 10.1. The Hall–Kier alpha value is -3.39. The quantitative estimate of drug-likeness (QED) is 0.408. The molecule has 2 amide bonds. The van der Waals surface area contributed by atoms with E-state index in [0.717, 1.165) is 51.4 Å². The molecule has 7 nitrogen and oxygen atoms in total. The molecule has 0 radical (unpaired) electrons. The van der Waals surface area contributed by atoms with Crippen LogP contribution in [0.4, 0.5) is 11.4 Å². The van der Waals surface area contributed by atoms with E-state index in [-0.39, 0.29) is 11.8 Å². The minimum atomic E-state index is -0.264. The lowest BCUT2D eigenvalue weighted by Crippen LogP contribution is -2.48. The molecule has 0 aromatic heterocycles. The summed E-state index contributed by atoms with van der Waals surface area (Å²) in [6, 6.07) is 22.5. The van der Waals surface area contributed by atoms with Gasteiger partial charge in [-0.25, -0.2) is 0 Å². The molecule has 0 unspecified atom stereocenters. The number of rotatable bonds is 10. The number of likely N-dealkylation sites (N-methyl/N-ethyl adjacent to an activating group) is 1. The number of amides is 2. The Labute approximate surface area is 230 Å². The standard InChI is InChI=1S/C30H36ClN5O2/c1-34(2)15-16-35-17-19-36(20-18-35)28-12-11-25(29(37)32-14-13-23-7-4-3-5-8-23)22-27(28)33-30(38)24-9-6-10-26(31)21-24/h3-12,21-22H,13-20H2,1-2H3,(H,32,37)(H,33,38). The largest absolute Gasteiger partial charge is 0.367 e. The number of anilines is 2. The topological polar surface area (TPSA) is 67.9 Å². The maximum Gasteiger partial charge on any atom is 0.255 e. The number of hydrogen-bond donors (Lipinski definition) is 2. The van der Waals surface area contributed by atoms with Gasteiger partial charge >= 0.3 is 0 Å². The third-order valence-electron chi connectivity index (χ3n) is 6.71. The Bertz CT molecular complexity index is 1230. The first kappa shape index (κ1) is 27.6. The summed E-state index contributed by atoms with van der Waals surface area (Å²) in [5.41, 5.74) is 3.67. The van der Waals surface area contributed by atoms with Gasteiger partial charge < -0.3 is 20.4 Å². The molecule has 3 aromatic rings. The first-order chi connectivity index (χ1) is 18.4. The van der Waals surface area contributed by atoms with Crippen molar-refractivity contribution < 1.29 is 9.59 Å². The van der Waals surface area contributed by atoms with Crippen molar-refractivity contribution in [1.29, 1.82) is 0 Å². The van der Waals surface area contributed by atoms with Gasteiger partial charge in [0.2, 0.25) is 0 Å². The van der Waals surface area contributed by atoms with Crippen molar-refractivity contribution in [2.45, 2.75) is 6.42 Å². The fourth-order valence-corrected chi connectivity index (χ4v) is 4.69. The zero-order valence-corrected chi connectivity index (χ0v) is 22.9. The monoisotopic (exact) mass is 533 g/mol. The number of piperazine rings is 1. The fraction of sp³-hybridized carbons (Fsp3) is 0.333. The van der Waals surface area contributed by atoms with Crippen molar-refractivity contribution in [1.82, 2.24) is 15.1 Å². The van der Waals surface area contributed by atoms with Gasteiger partial charge in [-0.05, 0) is 62.5 Å². The van der Waals surface area contributed by atoms with E-state index in [1.165, 1.54) is 5.56 Å². The van der Waals surface area contributed by atoms with Gasteiger partial charge in [0.25, 0.3) is 11.8 Å². The second kappa shape index (κ2) is 13.4. The Morgan fingerprint density at radius 1 is 0.868 bits per heavy atom. The van der Waals surface area contributed by atoms with Gasteiger partial charge in [0.1, 0.15) is 0 Å². The molecule has 1 saturated heterocycles. The zero-order chi connectivity index (χ0) is 26.9. The van der Waals surface area contributed by atoms with Gasteiger partial charge in [-0.15, -0.1) is 0 Å². The van der Waals surface area contributed by atoms with Crippen LogP contribution in [0.15, 0.2) is 72.8 Å². The van der Waals surface area contributed by atoms with Crippen LogP contribution < -0.4 is 15.5 Å². The fourth-order valence-electron chi connectivity index (χ4n) is 4.50. The first-order valence-corrected chi connectivity index (χ1v) is 13.4. The van der Waals surface area contributed by atoms with Gasteiger partial charge in [0.15, 0.2) is 0 Å². The molecular formula is C30H36ClN5O2. The van der Waals surface area contributed by atoms with Crippen LogP contribution in [0, 0.1) is 0 Å². The summed E-state index contributed by atoms with van der Waals surface area (Å²) in [5, 5.41) is 6.54. The van der Waals surface area contributed by atoms with E-state index in [4.69, 9.17) is 11.6 Å². The predicted octanol–water partition coefficient (Wildman–Crippen LogP) is 4.25. The molecule has 38 heavy (non-hydrogen) atoms. The molecule has 1 aliphatic rings. The lowest BCUT2D eigenvalue weighted by Gasteiger charge is -2.37. The minimum Gasteiger partial charge on any atom is -0.367 e. The number of nitrogens with zero attached hydrogens (tertiary/aromatic N) is 3. The van der Waals surface area contributed by atoms with Crippen molar-refractivity contribution in [2.24, 2.45) is 0 Å². The first-order valence-electron chi connectivity index (χ1n) is 13.0. The molecular weight excluding hydrogens is 498 g/mol. The molecule has 3 aromatic carbocycles. The number of nitrogens with one attached hydrogen (secondary N) is 2. The van der Waals surface area contributed by atoms with Crippen LogP contribution >= 0.6 is 11.6 Å². The third kappa shape index (κ3) is 7.81. The van der Waals surface area contributed by atoms with E-state index in [2.05, 4.69) is 39.4 Å². The van der Waals surface area contributed by atoms with Gasteiger partial charge in [-0.2, -0.15) is 0 Å². The lowest BCUT2D eigenvalue weighted by molar-refractivity contribution is 0.0952. The van der Waals surface area contributed by atoms with Gasteiger partial charge in [-0.3, -0.25) is 14.5 Å². The summed E-state index contributed by atoms with van der Waals surface area (Å²) >= 11 is 6.11. The average molecular weight is 534 g/mol. The molecule has 0 bridgehead atoms. The Morgan fingerprint density at radius 2 is 1.61 bits per heavy atom. The summed E-state index contributed by atoms with van der Waals surface area (Å²) < 4.78 is 0. The van der Waals surface area contributed by atoms with Crippen LogP contribution in [-0.2, 0) is 6.42 Å². The highest BCUT2D eigenvalue weighted by molar-refractivity contribution is 6.31. The SMILES string of the molecule is CN(C)CCN1CCN(c2ccc(C(=O)NCCc3ccccc3)cc2NC(=O)c2cccc(Cl)c2)CC1. The predicted molar refractivity (Wildman–Crippen MR) is 156 cm³/mol. The van der Waals surface area contributed by atoms with E-state index in [0.29, 0.717) is 28.4 Å². The van der Waals surface area contributed by atoms with E-state index in [9.17, 15) is 9.59 Å². The highest BCUT2D eigenvalue weighted by Gasteiger charge is 2.21. The molecule has 0 spiro atoms. The van der Waals surface area contributed by atoms with E-state index >= 15 is 0 Å². The minimum absolute atomic E-state index is 0.167. The van der Waals surface area contributed by atoms with Crippen molar-refractivity contribution >= 4 is 34.8 Å². The van der Waals surface area contributed by atoms with Crippen LogP contribution in [0.5, 0.6) is 0 Å². The molecule has 1 aliphatic heterocycles. The van der Waals surface area contributed by atoms with Crippen LogP contribution in [0.25, 0.3) is 0 Å². The van der Waals surface area contributed by atoms with Gasteiger partial charge in [-0.1, -0.05) is 48.0 Å². The number of carbonyl (C=O) groups excluding carboxylic acids is 2. The number of halogens is 1. The number of benzene rings is 3. The van der Waals surface area contributed by atoms with Crippen LogP contribution in [0.3, 0.4) is 0 Å². The van der Waals surface area contributed by atoms with Crippen molar-refractivity contribution in [2.75, 3.05) is 70.1 Å². The Morgan fingerprint density at radius 3 is 2.32 bits per heavy atom. The normalized spacial score (nSPS) is 13.9. The van der Waals surface area contributed by atoms with Crippen LogP contribution in [-0.4, -0.2) is 81.5 Å². The Balaban J connectivity index is 1.49. The van der Waals surface area contributed by atoms with Crippen molar-refractivity contribution in [3.63, 3.8) is 0 Å². The molecule has 200 valence electrons. The zero-order valence-electron chi connectivity index (χ0n) is 22.1. The van der Waals surface area contributed by atoms with Crippen LogP contribution in [0.1, 0.15) is 26.3 Å². The summed E-state index contributed by atoms with van der Waals surface area (Å²) in [7, 11) is 4.18. The van der Waals surface area contributed by atoms with E-state index in [1.807, 2.05) is 42.5 Å². The molecule has 1 fully saturated rings. The highest BCUT2D eigenvalue weighted by atomic mass is 35.5. The second-order valence-electron chi connectivity index (χ2n) is 9.82. The molecule has 1 heterocycles. The maximum absolute atomic E-state index is 13.1. The summed E-state index contributed by atoms with van der Waals surface area (Å²) in [6.45, 7) is 6.15. The summed E-state index contributed by atoms with van der Waals surface area (Å²) in [6.07, 6.45) is 0.751. The van der Waals surface area contributed by atoms with Crippen LogP contribution in [0.2, 0.25) is 5.02 Å². The molecule has 2 N–H and O–H groups in total. The highest BCUT2D eigenvalue weighted by Crippen LogP contribution is 2.29. The maximum atomic E-state index is 13.1. The van der Waals surface area contributed by atoms with Crippen molar-refractivity contribution in [3.8, 4) is 0 Å². The van der Waals surface area contributed by atoms with E-state index in [1.54, 1.807) is 30.3 Å². The number of hydrogen-bond acceptors (Lipinski definition) is 5. The summed E-state index contributed by atoms with van der Waals surface area (Å²) in [4.78, 5) is 33.0. The van der Waals surface area contributed by atoms with Crippen molar-refractivity contribution in [3.05, 3.63) is 94.5 Å². The smallest absolute Gasteiger partial charge is 0.255 e.